The van der Waals surface area contributed by atoms with E-state index in [-0.39, 0.29) is 11.4 Å². The number of hydrogen-bond acceptors (Lipinski definition) is 4. The number of nitriles is 1. The minimum atomic E-state index is -3.61. The highest BCUT2D eigenvalue weighted by Gasteiger charge is 2.17. The van der Waals surface area contributed by atoms with E-state index in [9.17, 15) is 8.42 Å². The van der Waals surface area contributed by atoms with Crippen LogP contribution in [0.1, 0.15) is 16.8 Å². The molecule has 0 bridgehead atoms. The lowest BCUT2D eigenvalue weighted by molar-refractivity contribution is 0.579. The first kappa shape index (κ1) is 14.2. The van der Waals surface area contributed by atoms with Crippen LogP contribution >= 0.6 is 0 Å². The molecule has 1 aromatic heterocycles. The van der Waals surface area contributed by atoms with Gasteiger partial charge in [-0.1, -0.05) is 0 Å². The van der Waals surface area contributed by atoms with E-state index in [1.807, 2.05) is 6.07 Å². The largest absolute Gasteiger partial charge is 0.276 e. The van der Waals surface area contributed by atoms with Gasteiger partial charge in [-0.15, -0.1) is 0 Å². The van der Waals surface area contributed by atoms with Gasteiger partial charge in [0, 0.05) is 13.2 Å². The Morgan fingerprint density at radius 1 is 1.40 bits per heavy atom. The lowest BCUT2D eigenvalue weighted by atomic mass is 10.2. The van der Waals surface area contributed by atoms with Gasteiger partial charge in [0.2, 0.25) is 10.0 Å². The van der Waals surface area contributed by atoms with Crippen molar-refractivity contribution < 1.29 is 8.42 Å². The predicted octanol–water partition coefficient (Wildman–Crippen LogP) is 1.08. The maximum absolute atomic E-state index is 12.2. The summed E-state index contributed by atoms with van der Waals surface area (Å²) in [6, 6.07) is 8.20. The van der Waals surface area contributed by atoms with Gasteiger partial charge in [-0.25, -0.2) is 13.1 Å². The Bertz CT molecular complexity index is 772. The van der Waals surface area contributed by atoms with Gasteiger partial charge in [0.1, 0.15) is 0 Å². The van der Waals surface area contributed by atoms with E-state index in [1.54, 1.807) is 37.0 Å². The second-order valence-electron chi connectivity index (χ2n) is 4.40. The quantitative estimate of drug-likeness (QED) is 0.912. The van der Waals surface area contributed by atoms with Crippen molar-refractivity contribution in [1.82, 2.24) is 14.5 Å². The minimum Gasteiger partial charge on any atom is -0.276 e. The molecule has 0 amide bonds. The van der Waals surface area contributed by atoms with E-state index in [2.05, 4.69) is 9.82 Å². The summed E-state index contributed by atoms with van der Waals surface area (Å²) in [7, 11) is -1.85. The van der Waals surface area contributed by atoms with E-state index in [0.29, 0.717) is 16.8 Å². The van der Waals surface area contributed by atoms with E-state index in [1.165, 1.54) is 12.1 Å². The highest BCUT2D eigenvalue weighted by atomic mass is 32.2. The maximum atomic E-state index is 12.2. The fraction of sp³-hybridized carbons (Fsp3) is 0.231. The number of aryl methyl sites for hydroxylation is 2. The van der Waals surface area contributed by atoms with Crippen molar-refractivity contribution in [3.05, 3.63) is 47.3 Å². The summed E-state index contributed by atoms with van der Waals surface area (Å²) in [6.07, 6.45) is 1.75. The van der Waals surface area contributed by atoms with E-state index in [0.717, 1.165) is 0 Å². The highest BCUT2D eigenvalue weighted by Crippen LogP contribution is 2.16. The topological polar surface area (TPSA) is 87.8 Å². The van der Waals surface area contributed by atoms with Crippen LogP contribution in [-0.2, 0) is 23.6 Å². The average molecular weight is 290 g/mol. The number of aromatic nitrogens is 2. The first-order valence-corrected chi connectivity index (χ1v) is 7.39. The molecule has 0 aliphatic rings. The number of benzene rings is 1. The molecule has 0 fully saturated rings. The standard InChI is InChI=1S/C13H14N4O2S/c1-10-7-11(8-14)3-4-13(10)20(18,19)15-9-12-5-6-17(2)16-12/h3-7,15H,9H2,1-2H3. The number of rotatable bonds is 4. The van der Waals surface area contributed by atoms with Crippen LogP contribution in [0.5, 0.6) is 0 Å². The summed E-state index contributed by atoms with van der Waals surface area (Å²) in [5, 5.41) is 12.9. The van der Waals surface area contributed by atoms with Gasteiger partial charge in [0.15, 0.2) is 0 Å². The molecule has 0 aliphatic carbocycles. The lowest BCUT2D eigenvalue weighted by Crippen LogP contribution is -2.24. The molecule has 2 rings (SSSR count). The zero-order chi connectivity index (χ0) is 14.8. The predicted molar refractivity (Wildman–Crippen MR) is 73.1 cm³/mol. The Hall–Kier alpha value is -2.17. The van der Waals surface area contributed by atoms with Crippen LogP contribution in [0.25, 0.3) is 0 Å². The molecule has 6 nitrogen and oxygen atoms in total. The van der Waals surface area contributed by atoms with Crippen molar-refractivity contribution in [2.75, 3.05) is 0 Å². The number of sulfonamides is 1. The Labute approximate surface area is 117 Å². The third-order valence-electron chi connectivity index (χ3n) is 2.81. The van der Waals surface area contributed by atoms with E-state index >= 15 is 0 Å². The normalized spacial score (nSPS) is 11.2. The van der Waals surface area contributed by atoms with Gasteiger partial charge < -0.3 is 0 Å². The van der Waals surface area contributed by atoms with Gasteiger partial charge in [0.25, 0.3) is 0 Å². The Morgan fingerprint density at radius 2 is 2.15 bits per heavy atom. The van der Waals surface area contributed by atoms with Crippen LogP contribution in [-0.4, -0.2) is 18.2 Å². The molecule has 0 saturated carbocycles. The first-order chi connectivity index (χ1) is 9.42. The molecule has 0 aliphatic heterocycles. The van der Waals surface area contributed by atoms with E-state index in [4.69, 9.17) is 5.26 Å². The summed E-state index contributed by atoms with van der Waals surface area (Å²) >= 11 is 0. The fourth-order valence-electron chi connectivity index (χ4n) is 1.82. The zero-order valence-electron chi connectivity index (χ0n) is 11.2. The molecule has 0 radical (unpaired) electrons. The maximum Gasteiger partial charge on any atom is 0.241 e. The van der Waals surface area contributed by atoms with Crippen LogP contribution in [0.4, 0.5) is 0 Å². The monoisotopic (exact) mass is 290 g/mol. The number of nitrogens with one attached hydrogen (secondary N) is 1. The van der Waals surface area contributed by atoms with Crippen molar-refractivity contribution in [1.29, 1.82) is 5.26 Å². The Balaban J connectivity index is 2.20. The summed E-state index contributed by atoms with van der Waals surface area (Å²) in [5.41, 5.74) is 1.62. The molecule has 0 spiro atoms. The highest BCUT2D eigenvalue weighted by molar-refractivity contribution is 7.89. The number of nitrogens with zero attached hydrogens (tertiary/aromatic N) is 3. The fourth-order valence-corrected chi connectivity index (χ4v) is 3.05. The van der Waals surface area contributed by atoms with Crippen molar-refractivity contribution in [2.24, 2.45) is 7.05 Å². The van der Waals surface area contributed by atoms with Crippen LogP contribution in [0, 0.1) is 18.3 Å². The molecule has 7 heteroatoms. The van der Waals surface area contributed by atoms with Gasteiger partial charge in [-0.05, 0) is 36.8 Å². The summed E-state index contributed by atoms with van der Waals surface area (Å²) in [6.45, 7) is 1.79. The minimum absolute atomic E-state index is 0.128. The molecular formula is C13H14N4O2S. The van der Waals surface area contributed by atoms with Crippen molar-refractivity contribution in [3.63, 3.8) is 0 Å². The van der Waals surface area contributed by atoms with Gasteiger partial charge in [-0.3, -0.25) is 4.68 Å². The molecule has 104 valence electrons. The molecule has 1 heterocycles. The molecule has 20 heavy (non-hydrogen) atoms. The third-order valence-corrected chi connectivity index (χ3v) is 4.37. The first-order valence-electron chi connectivity index (χ1n) is 5.91. The van der Waals surface area contributed by atoms with E-state index < -0.39 is 10.0 Å². The van der Waals surface area contributed by atoms with Gasteiger partial charge in [0.05, 0.1) is 28.8 Å². The summed E-state index contributed by atoms with van der Waals surface area (Å²) in [4.78, 5) is 0.174. The van der Waals surface area contributed by atoms with Crippen LogP contribution in [0.15, 0.2) is 35.4 Å². The lowest BCUT2D eigenvalue weighted by Gasteiger charge is -2.08. The average Bonchev–Trinajstić information content (AvgIpc) is 2.82. The molecule has 1 N–H and O–H groups in total. The molecular weight excluding hydrogens is 276 g/mol. The Morgan fingerprint density at radius 3 is 2.70 bits per heavy atom. The molecule has 0 unspecified atom stereocenters. The second kappa shape index (κ2) is 5.45. The SMILES string of the molecule is Cc1cc(C#N)ccc1S(=O)(=O)NCc1ccn(C)n1. The van der Waals surface area contributed by atoms with Gasteiger partial charge >= 0.3 is 0 Å². The molecule has 1 aromatic carbocycles. The Kier molecular flexibility index (Phi) is 3.88. The summed E-state index contributed by atoms with van der Waals surface area (Å²) in [5.74, 6) is 0. The van der Waals surface area contributed by atoms with Crippen molar-refractivity contribution in [2.45, 2.75) is 18.4 Å². The zero-order valence-corrected chi connectivity index (χ0v) is 12.0. The third kappa shape index (κ3) is 3.04. The smallest absolute Gasteiger partial charge is 0.241 e. The number of hydrogen-bond donors (Lipinski definition) is 1. The van der Waals surface area contributed by atoms with Crippen molar-refractivity contribution >= 4 is 10.0 Å². The molecule has 0 atom stereocenters. The van der Waals surface area contributed by atoms with Crippen LogP contribution < -0.4 is 4.72 Å². The summed E-state index contributed by atoms with van der Waals surface area (Å²) < 4.78 is 28.5. The van der Waals surface area contributed by atoms with Crippen LogP contribution in [0.3, 0.4) is 0 Å². The van der Waals surface area contributed by atoms with Crippen LogP contribution in [0.2, 0.25) is 0 Å². The second-order valence-corrected chi connectivity index (χ2v) is 6.13. The molecule has 0 saturated heterocycles. The van der Waals surface area contributed by atoms with Gasteiger partial charge in [-0.2, -0.15) is 10.4 Å². The molecule has 2 aromatic rings. The van der Waals surface area contributed by atoms with Crippen molar-refractivity contribution in [3.8, 4) is 6.07 Å².